The van der Waals surface area contributed by atoms with Crippen molar-refractivity contribution in [1.82, 2.24) is 29.1 Å². The minimum Gasteiger partial charge on any atom is -0.367 e. The smallest absolute Gasteiger partial charge is 0.204 e. The minimum absolute atomic E-state index is 0.316. The normalized spacial score (nSPS) is 11.4. The number of fused-ring (bicyclic) bond motifs is 3. The Balaban J connectivity index is 1.24. The van der Waals surface area contributed by atoms with Crippen LogP contribution in [0.25, 0.3) is 22.4 Å². The lowest BCUT2D eigenvalue weighted by atomic mass is 10.1. The highest BCUT2D eigenvalue weighted by Gasteiger charge is 2.13. The third-order valence-electron chi connectivity index (χ3n) is 5.65. The van der Waals surface area contributed by atoms with Crippen molar-refractivity contribution >= 4 is 39.6 Å². The van der Waals surface area contributed by atoms with Crippen LogP contribution >= 0.6 is 11.3 Å². The first-order chi connectivity index (χ1) is 16.2. The van der Waals surface area contributed by atoms with Gasteiger partial charge in [-0.25, -0.2) is 9.97 Å². The Morgan fingerprint density at radius 2 is 2.09 bits per heavy atom. The largest absolute Gasteiger partial charge is 0.367 e. The quantitative estimate of drug-likeness (QED) is 0.307. The van der Waals surface area contributed by atoms with Gasteiger partial charge in [0.25, 0.3) is 0 Å². The third kappa shape index (κ3) is 4.63. The molecule has 0 fully saturated rings. The molecule has 0 saturated carbocycles. The van der Waals surface area contributed by atoms with Crippen LogP contribution < -0.4 is 5.32 Å². The SMILES string of the molecule is Cc1nnc2c(NCCCCCC(=O)Cc3cccs3)nc3cc(-n4ccnc4)ccc3n12. The summed E-state index contributed by atoms with van der Waals surface area (Å²) in [5, 5.41) is 14.1. The number of nitrogens with one attached hydrogen (secondary N) is 1. The second kappa shape index (κ2) is 9.50. The van der Waals surface area contributed by atoms with Crippen LogP contribution in [0.4, 0.5) is 5.82 Å². The molecule has 4 aromatic heterocycles. The van der Waals surface area contributed by atoms with Gasteiger partial charge in [0.2, 0.25) is 5.65 Å². The molecule has 1 N–H and O–H groups in total. The third-order valence-corrected chi connectivity index (χ3v) is 6.52. The number of Topliss-reactive ketones (excluding diaryl/α,β-unsaturated/α-hetero) is 1. The highest BCUT2D eigenvalue weighted by Crippen LogP contribution is 2.24. The maximum Gasteiger partial charge on any atom is 0.204 e. The lowest BCUT2D eigenvalue weighted by Gasteiger charge is -2.11. The second-order valence-electron chi connectivity index (χ2n) is 8.04. The molecule has 0 bridgehead atoms. The molecular weight excluding hydrogens is 434 g/mol. The number of aryl methyl sites for hydroxylation is 1. The Morgan fingerprint density at radius 1 is 1.15 bits per heavy atom. The minimum atomic E-state index is 0.316. The van der Waals surface area contributed by atoms with Crippen molar-refractivity contribution in [3.05, 3.63) is 65.1 Å². The standard InChI is InChI=1S/C24H25N7OS/c1-17-28-29-24-23(26-10-4-2-3-6-19(32)15-20-7-5-13-33-20)27-21-14-18(30-12-11-25-16-30)8-9-22(21)31(17)24/h5,7-9,11-14,16H,2-4,6,10,15H2,1H3,(H,26,27). The molecule has 168 valence electrons. The monoisotopic (exact) mass is 459 g/mol. The number of benzene rings is 1. The van der Waals surface area contributed by atoms with E-state index in [1.165, 1.54) is 0 Å². The van der Waals surface area contributed by atoms with Crippen LogP contribution in [0.5, 0.6) is 0 Å². The maximum atomic E-state index is 12.1. The molecule has 9 heteroatoms. The fourth-order valence-corrected chi connectivity index (χ4v) is 4.72. The van der Waals surface area contributed by atoms with E-state index >= 15 is 0 Å². The lowest BCUT2D eigenvalue weighted by molar-refractivity contribution is -0.118. The van der Waals surface area contributed by atoms with Crippen LogP contribution in [0.2, 0.25) is 0 Å². The van der Waals surface area contributed by atoms with Gasteiger partial charge in [-0.3, -0.25) is 9.20 Å². The maximum absolute atomic E-state index is 12.1. The number of ketones is 1. The van der Waals surface area contributed by atoms with E-state index < -0.39 is 0 Å². The summed E-state index contributed by atoms with van der Waals surface area (Å²) in [5.74, 6) is 1.86. The molecule has 0 spiro atoms. The van der Waals surface area contributed by atoms with Crippen molar-refractivity contribution < 1.29 is 4.79 Å². The number of unbranched alkanes of at least 4 members (excludes halogenated alkanes) is 2. The number of carbonyl (C=O) groups is 1. The van der Waals surface area contributed by atoms with E-state index in [9.17, 15) is 4.79 Å². The van der Waals surface area contributed by atoms with Crippen molar-refractivity contribution in [2.24, 2.45) is 0 Å². The Kier molecular flexibility index (Phi) is 6.12. The highest BCUT2D eigenvalue weighted by molar-refractivity contribution is 7.10. The van der Waals surface area contributed by atoms with Gasteiger partial charge in [-0.2, -0.15) is 0 Å². The van der Waals surface area contributed by atoms with Crippen molar-refractivity contribution in [3.8, 4) is 5.69 Å². The molecule has 8 nitrogen and oxygen atoms in total. The Morgan fingerprint density at radius 3 is 2.91 bits per heavy atom. The zero-order chi connectivity index (χ0) is 22.6. The van der Waals surface area contributed by atoms with Crippen LogP contribution in [0.1, 0.15) is 36.4 Å². The van der Waals surface area contributed by atoms with Gasteiger partial charge in [-0.15, -0.1) is 21.5 Å². The molecule has 33 heavy (non-hydrogen) atoms. The van der Waals surface area contributed by atoms with Gasteiger partial charge >= 0.3 is 0 Å². The first-order valence-electron chi connectivity index (χ1n) is 11.1. The van der Waals surface area contributed by atoms with E-state index in [1.54, 1.807) is 23.9 Å². The summed E-state index contributed by atoms with van der Waals surface area (Å²) < 4.78 is 3.99. The zero-order valence-electron chi connectivity index (χ0n) is 18.4. The van der Waals surface area contributed by atoms with Crippen LogP contribution in [-0.2, 0) is 11.2 Å². The van der Waals surface area contributed by atoms with Crippen molar-refractivity contribution in [1.29, 1.82) is 0 Å². The summed E-state index contributed by atoms with van der Waals surface area (Å²) in [6.45, 7) is 2.71. The van der Waals surface area contributed by atoms with Gasteiger partial charge in [0.1, 0.15) is 11.6 Å². The van der Waals surface area contributed by atoms with Gasteiger partial charge in [0.15, 0.2) is 5.82 Å². The second-order valence-corrected chi connectivity index (χ2v) is 9.07. The fraction of sp³-hybridized carbons (Fsp3) is 0.292. The number of aromatic nitrogens is 6. The zero-order valence-corrected chi connectivity index (χ0v) is 19.3. The number of rotatable bonds is 10. The molecule has 1 aromatic carbocycles. The number of nitrogens with zero attached hydrogens (tertiary/aromatic N) is 6. The average molecular weight is 460 g/mol. The molecule has 0 aliphatic heterocycles. The summed E-state index contributed by atoms with van der Waals surface area (Å²) in [6, 6.07) is 10.1. The molecule has 0 unspecified atom stereocenters. The highest BCUT2D eigenvalue weighted by atomic mass is 32.1. The molecular formula is C24H25N7OS. The number of thiophene rings is 1. The lowest BCUT2D eigenvalue weighted by Crippen LogP contribution is -2.07. The Bertz CT molecular complexity index is 1370. The fourth-order valence-electron chi connectivity index (χ4n) is 3.98. The average Bonchev–Trinajstić information content (AvgIpc) is 3.58. The molecule has 0 amide bonds. The van der Waals surface area contributed by atoms with Crippen LogP contribution in [-0.4, -0.2) is 41.5 Å². The van der Waals surface area contributed by atoms with Gasteiger partial charge in [-0.1, -0.05) is 12.5 Å². The summed E-state index contributed by atoms with van der Waals surface area (Å²) in [7, 11) is 0. The van der Waals surface area contributed by atoms with E-state index in [4.69, 9.17) is 4.98 Å². The Hall–Kier alpha value is -3.59. The van der Waals surface area contributed by atoms with E-state index in [0.29, 0.717) is 18.6 Å². The number of hydrogen-bond acceptors (Lipinski definition) is 7. The van der Waals surface area contributed by atoms with E-state index in [1.807, 2.05) is 57.8 Å². The van der Waals surface area contributed by atoms with Gasteiger partial charge < -0.3 is 9.88 Å². The van der Waals surface area contributed by atoms with Gasteiger partial charge in [-0.05, 0) is 49.4 Å². The summed E-state index contributed by atoms with van der Waals surface area (Å²) >= 11 is 1.64. The molecule has 0 radical (unpaired) electrons. The number of carbonyl (C=O) groups excluding carboxylic acids is 1. The molecule has 0 saturated heterocycles. The van der Waals surface area contributed by atoms with Crippen molar-refractivity contribution in [2.45, 2.75) is 39.0 Å². The number of hydrogen-bond donors (Lipinski definition) is 1. The van der Waals surface area contributed by atoms with Crippen molar-refractivity contribution in [2.75, 3.05) is 11.9 Å². The van der Waals surface area contributed by atoms with Crippen molar-refractivity contribution in [3.63, 3.8) is 0 Å². The van der Waals surface area contributed by atoms with Crippen LogP contribution in [0.15, 0.2) is 54.4 Å². The van der Waals surface area contributed by atoms with Crippen LogP contribution in [0, 0.1) is 6.92 Å². The summed E-state index contributed by atoms with van der Waals surface area (Å²) in [5.41, 5.74) is 3.54. The first kappa shape index (κ1) is 21.3. The van der Waals surface area contributed by atoms with E-state index in [-0.39, 0.29) is 0 Å². The predicted octanol–water partition coefficient (Wildman–Crippen LogP) is 4.62. The molecule has 5 aromatic rings. The van der Waals surface area contributed by atoms with Gasteiger partial charge in [0.05, 0.1) is 17.4 Å². The van der Waals surface area contributed by atoms with Crippen LogP contribution in [0.3, 0.4) is 0 Å². The summed E-state index contributed by atoms with van der Waals surface area (Å²) in [4.78, 5) is 22.2. The van der Waals surface area contributed by atoms with E-state index in [2.05, 4.69) is 20.5 Å². The molecule has 0 aliphatic carbocycles. The Labute approximate surface area is 195 Å². The topological polar surface area (TPSA) is 90.0 Å². The molecule has 4 heterocycles. The summed E-state index contributed by atoms with van der Waals surface area (Å²) in [6.07, 6.45) is 9.49. The van der Waals surface area contributed by atoms with Gasteiger partial charge in [0, 0.05) is 42.3 Å². The van der Waals surface area contributed by atoms with E-state index in [0.717, 1.165) is 64.7 Å². The predicted molar refractivity (Wildman–Crippen MR) is 130 cm³/mol. The molecule has 0 atom stereocenters. The number of anilines is 1. The first-order valence-corrected chi connectivity index (χ1v) is 12.0. The number of imidazole rings is 1. The molecule has 0 aliphatic rings. The molecule has 5 rings (SSSR count).